The van der Waals surface area contributed by atoms with Crippen molar-refractivity contribution >= 4 is 17.8 Å². The molecular formula is C24H26F2N4O3. The molecular weight excluding hydrogens is 430 g/mol. The topological polar surface area (TPSA) is 97.0 Å². The zero-order valence-electron chi connectivity index (χ0n) is 18.1. The summed E-state index contributed by atoms with van der Waals surface area (Å²) in [6.07, 6.45) is 3.45. The van der Waals surface area contributed by atoms with Gasteiger partial charge in [0.15, 0.2) is 5.96 Å². The Labute approximate surface area is 190 Å². The second-order valence-electron chi connectivity index (χ2n) is 8.27. The molecule has 0 aliphatic carbocycles. The van der Waals surface area contributed by atoms with Crippen molar-refractivity contribution in [2.45, 2.75) is 57.8 Å². The van der Waals surface area contributed by atoms with Crippen LogP contribution in [0.4, 0.5) is 8.78 Å². The van der Waals surface area contributed by atoms with Crippen LogP contribution in [0.25, 0.3) is 0 Å². The molecule has 33 heavy (non-hydrogen) atoms. The smallest absolute Gasteiger partial charge is 0.387 e. The molecule has 2 aromatic carbocycles. The lowest BCUT2D eigenvalue weighted by atomic mass is 10.00. The third kappa shape index (κ3) is 5.66. The zero-order chi connectivity index (χ0) is 23.4. The minimum absolute atomic E-state index is 0.0469. The van der Waals surface area contributed by atoms with Crippen LogP contribution in [-0.2, 0) is 24.3 Å². The first-order valence-electron chi connectivity index (χ1n) is 11.0. The number of halogens is 2. The lowest BCUT2D eigenvalue weighted by Crippen LogP contribution is -2.46. The Morgan fingerprint density at radius 1 is 1.12 bits per heavy atom. The van der Waals surface area contributed by atoms with Crippen LogP contribution >= 0.6 is 0 Å². The molecule has 5 rings (SSSR count). The fourth-order valence-corrected chi connectivity index (χ4v) is 4.20. The number of alkyl halides is 2. The normalized spacial score (nSPS) is 19.5. The van der Waals surface area contributed by atoms with Crippen molar-refractivity contribution in [3.63, 3.8) is 0 Å². The molecule has 0 saturated heterocycles. The lowest BCUT2D eigenvalue weighted by Gasteiger charge is -2.29. The first-order valence-corrected chi connectivity index (χ1v) is 11.0. The number of nitrogens with zero attached hydrogens (tertiary/aromatic N) is 2. The zero-order valence-corrected chi connectivity index (χ0v) is 18.1. The Morgan fingerprint density at radius 2 is 1.97 bits per heavy atom. The monoisotopic (exact) mass is 456 g/mol. The number of hydrogen-bond donors (Lipinski definition) is 2. The summed E-state index contributed by atoms with van der Waals surface area (Å²) in [6.45, 7) is -2.68. The van der Waals surface area contributed by atoms with Gasteiger partial charge in [0.05, 0.1) is 12.6 Å². The molecule has 6 bridgehead atoms. The van der Waals surface area contributed by atoms with Crippen molar-refractivity contribution in [1.82, 2.24) is 10.2 Å². The van der Waals surface area contributed by atoms with Gasteiger partial charge in [0.1, 0.15) is 5.75 Å². The van der Waals surface area contributed by atoms with Crippen molar-refractivity contribution in [3.05, 3.63) is 64.7 Å². The molecule has 7 nitrogen and oxygen atoms in total. The van der Waals surface area contributed by atoms with Crippen molar-refractivity contribution < 1.29 is 23.1 Å². The highest BCUT2D eigenvalue weighted by Crippen LogP contribution is 2.25. The summed E-state index contributed by atoms with van der Waals surface area (Å²) in [6, 6.07) is 11.8. The van der Waals surface area contributed by atoms with Gasteiger partial charge in [-0.25, -0.2) is 4.99 Å². The quantitative estimate of drug-likeness (QED) is 0.724. The number of guanidine groups is 1. The highest BCUT2D eigenvalue weighted by molar-refractivity contribution is 5.98. The molecule has 2 aromatic rings. The van der Waals surface area contributed by atoms with Crippen LogP contribution in [0.5, 0.6) is 5.75 Å². The van der Waals surface area contributed by atoms with Crippen LogP contribution in [0.1, 0.15) is 52.7 Å². The number of aryl methyl sites for hydroxylation is 1. The summed E-state index contributed by atoms with van der Waals surface area (Å²) in [5, 5.41) is 2.78. The van der Waals surface area contributed by atoms with Gasteiger partial charge in [-0.15, -0.1) is 0 Å². The van der Waals surface area contributed by atoms with E-state index in [1.807, 2.05) is 0 Å². The number of rotatable bonds is 2. The van der Waals surface area contributed by atoms with E-state index in [2.05, 4.69) is 15.0 Å². The highest BCUT2D eigenvalue weighted by atomic mass is 19.3. The lowest BCUT2D eigenvalue weighted by molar-refractivity contribution is -0.128. The minimum atomic E-state index is -2.95. The number of fused-ring (bicyclic) bond motifs is 6. The molecule has 1 unspecified atom stereocenters. The van der Waals surface area contributed by atoms with Gasteiger partial charge >= 0.3 is 6.61 Å². The fourth-order valence-electron chi connectivity index (χ4n) is 4.20. The molecule has 3 heterocycles. The van der Waals surface area contributed by atoms with E-state index in [9.17, 15) is 18.4 Å². The van der Waals surface area contributed by atoms with Gasteiger partial charge in [-0.3, -0.25) is 14.5 Å². The summed E-state index contributed by atoms with van der Waals surface area (Å²) >= 11 is 0. The molecule has 1 atom stereocenters. The van der Waals surface area contributed by atoms with Crippen molar-refractivity contribution in [3.8, 4) is 5.75 Å². The van der Waals surface area contributed by atoms with E-state index in [1.54, 1.807) is 36.4 Å². The van der Waals surface area contributed by atoms with Crippen LogP contribution in [0, 0.1) is 0 Å². The van der Waals surface area contributed by atoms with Gasteiger partial charge in [-0.05, 0) is 48.6 Å². The maximum atomic E-state index is 12.8. The predicted molar refractivity (Wildman–Crippen MR) is 119 cm³/mol. The molecule has 3 aliphatic heterocycles. The van der Waals surface area contributed by atoms with E-state index in [0.717, 1.165) is 36.8 Å². The van der Waals surface area contributed by atoms with Crippen LogP contribution in [-0.4, -0.2) is 35.3 Å². The number of ether oxygens (including phenoxy) is 1. The van der Waals surface area contributed by atoms with Crippen molar-refractivity contribution in [2.24, 2.45) is 10.7 Å². The average molecular weight is 456 g/mol. The van der Waals surface area contributed by atoms with E-state index in [-0.39, 0.29) is 42.7 Å². The van der Waals surface area contributed by atoms with Gasteiger partial charge in [0.25, 0.3) is 5.91 Å². The average Bonchev–Trinajstić information content (AvgIpc) is 2.78. The third-order valence-corrected chi connectivity index (χ3v) is 5.87. The second kappa shape index (κ2) is 9.97. The molecule has 174 valence electrons. The number of nitrogens with one attached hydrogen (secondary N) is 1. The van der Waals surface area contributed by atoms with E-state index < -0.39 is 6.61 Å². The second-order valence-corrected chi connectivity index (χ2v) is 8.27. The summed E-state index contributed by atoms with van der Waals surface area (Å²) in [7, 11) is 0. The molecule has 2 amide bonds. The van der Waals surface area contributed by atoms with Crippen LogP contribution in [0.15, 0.2) is 47.5 Å². The minimum Gasteiger partial charge on any atom is -0.434 e. The number of aliphatic imine (C=N–C) groups is 1. The number of amides is 2. The van der Waals surface area contributed by atoms with Crippen LogP contribution in [0.2, 0.25) is 0 Å². The van der Waals surface area contributed by atoms with E-state index in [0.29, 0.717) is 17.5 Å². The molecule has 0 radical (unpaired) electrons. The van der Waals surface area contributed by atoms with E-state index >= 15 is 0 Å². The Bertz CT molecular complexity index is 1070. The van der Waals surface area contributed by atoms with E-state index in [4.69, 9.17) is 5.73 Å². The number of carbonyl (C=O) groups is 2. The third-order valence-electron chi connectivity index (χ3n) is 5.87. The summed E-state index contributed by atoms with van der Waals surface area (Å²) < 4.78 is 30.3. The Kier molecular flexibility index (Phi) is 6.86. The first-order chi connectivity index (χ1) is 15.9. The fraction of sp³-hybridized carbons (Fsp3) is 0.375. The molecule has 3 N–H and O–H groups in total. The molecule has 0 aromatic heterocycles. The maximum Gasteiger partial charge on any atom is 0.387 e. The standard InChI is InChI=1S/C24H26F2N4O3/c25-23(26)33-20-9-8-15-4-1-2-7-19-12-21(31)30(24(27)29-19)14-16-5-3-6-17(11-16)22(32)28-13-18(20)10-15/h3,5-6,8-11,19,23H,1-2,4,7,12-14H2,(H2,27,29)(H,28,32). The maximum absolute atomic E-state index is 12.8. The first kappa shape index (κ1) is 22.7. The largest absolute Gasteiger partial charge is 0.434 e. The molecule has 9 heteroatoms. The van der Waals surface area contributed by atoms with Gasteiger partial charge < -0.3 is 15.8 Å². The number of nitrogens with two attached hydrogens (primary N) is 1. The van der Waals surface area contributed by atoms with Crippen molar-refractivity contribution in [1.29, 1.82) is 0 Å². The summed E-state index contributed by atoms with van der Waals surface area (Å²) in [5.74, 6) is -0.196. The molecule has 0 fully saturated rings. The molecule has 0 spiro atoms. The molecule has 3 aliphatic rings. The van der Waals surface area contributed by atoms with Crippen LogP contribution in [0.3, 0.4) is 0 Å². The van der Waals surface area contributed by atoms with Crippen LogP contribution < -0.4 is 15.8 Å². The SMILES string of the molecule is NC1=NC2CCCCc3ccc(OC(F)F)c(c3)CNC(=O)c3cccc(c3)CN1C(=O)C2. The summed E-state index contributed by atoms with van der Waals surface area (Å²) in [4.78, 5) is 31.4. The number of benzene rings is 2. The van der Waals surface area contributed by atoms with Gasteiger partial charge in [0.2, 0.25) is 5.91 Å². The van der Waals surface area contributed by atoms with Gasteiger partial charge in [0, 0.05) is 24.1 Å². The van der Waals surface area contributed by atoms with Crippen molar-refractivity contribution in [2.75, 3.05) is 0 Å². The number of hydrogen-bond acceptors (Lipinski definition) is 5. The highest BCUT2D eigenvalue weighted by Gasteiger charge is 2.27. The van der Waals surface area contributed by atoms with Gasteiger partial charge in [-0.1, -0.05) is 30.7 Å². The number of carbonyl (C=O) groups excluding carboxylic acids is 2. The van der Waals surface area contributed by atoms with E-state index in [1.165, 1.54) is 11.0 Å². The molecule has 0 saturated carbocycles. The predicted octanol–water partition coefficient (Wildman–Crippen LogP) is 3.36. The van der Waals surface area contributed by atoms with Gasteiger partial charge in [-0.2, -0.15) is 8.78 Å². The Hall–Kier alpha value is -3.49. The Morgan fingerprint density at radius 3 is 2.76 bits per heavy atom. The summed E-state index contributed by atoms with van der Waals surface area (Å²) in [5.41, 5.74) is 8.66. The Balaban J connectivity index is 1.63.